The van der Waals surface area contributed by atoms with E-state index >= 15 is 0 Å². The van der Waals surface area contributed by atoms with Crippen LogP contribution in [0.3, 0.4) is 0 Å². The molecule has 1 aromatic heterocycles. The second-order valence-electron chi connectivity index (χ2n) is 5.33. The Bertz CT molecular complexity index is 689. The van der Waals surface area contributed by atoms with Gasteiger partial charge in [-0.05, 0) is 0 Å². The maximum atomic E-state index is 14.6. The Balaban J connectivity index is 0.00000100. The van der Waals surface area contributed by atoms with Crippen molar-refractivity contribution in [3.8, 4) is 0 Å². The van der Waals surface area contributed by atoms with Crippen molar-refractivity contribution in [1.29, 1.82) is 0 Å². The quantitative estimate of drug-likeness (QED) is 0.340. The number of hydrogen-bond acceptors (Lipinski definition) is 2. The van der Waals surface area contributed by atoms with Gasteiger partial charge in [-0.2, -0.15) is 0 Å². The minimum atomic E-state index is -4.39. The van der Waals surface area contributed by atoms with Gasteiger partial charge in [0, 0.05) is 0 Å². The zero-order valence-corrected chi connectivity index (χ0v) is 15.9. The molecular formula is C16H19F4IN2O. The average Bonchev–Trinajstić information content (AvgIpc) is 3.17. The Morgan fingerprint density at radius 2 is 1.75 bits per heavy atom. The molecule has 1 aromatic carbocycles. The van der Waals surface area contributed by atoms with Crippen LogP contribution < -0.4 is 0 Å². The van der Waals surface area contributed by atoms with E-state index in [1.165, 1.54) is 6.07 Å². The normalized spacial score (nSPS) is 17.9. The summed E-state index contributed by atoms with van der Waals surface area (Å²) in [7, 11) is 0. The summed E-state index contributed by atoms with van der Waals surface area (Å²) in [5, 5.41) is 0. The molecule has 0 amide bonds. The second kappa shape index (κ2) is 6.62. The van der Waals surface area contributed by atoms with E-state index in [0.29, 0.717) is 11.9 Å². The molecule has 0 bridgehead atoms. The molecule has 2 aromatic rings. The van der Waals surface area contributed by atoms with Gasteiger partial charge in [-0.1, -0.05) is 13.8 Å². The van der Waals surface area contributed by atoms with E-state index in [0.717, 1.165) is 12.4 Å². The molecule has 0 aliphatic carbocycles. The summed E-state index contributed by atoms with van der Waals surface area (Å²) >= 11 is -3.93. The summed E-state index contributed by atoms with van der Waals surface area (Å²) in [6.07, 6.45) is 2.56. The second-order valence-corrected chi connectivity index (χ2v) is 9.70. The van der Waals surface area contributed by atoms with E-state index in [2.05, 4.69) is 4.98 Å². The van der Waals surface area contributed by atoms with Crippen LogP contribution in [-0.4, -0.2) is 13.5 Å². The number of alkyl halides is 5. The van der Waals surface area contributed by atoms with E-state index in [1.807, 2.05) is 13.8 Å². The molecule has 2 heterocycles. The van der Waals surface area contributed by atoms with Crippen molar-refractivity contribution in [1.82, 2.24) is 9.55 Å². The van der Waals surface area contributed by atoms with Crippen LogP contribution in [0.15, 0.2) is 43.0 Å². The zero-order chi connectivity index (χ0) is 18.2. The molecule has 0 fully saturated rings. The maximum absolute atomic E-state index is 14.6. The van der Waals surface area contributed by atoms with E-state index in [-0.39, 0.29) is 8.14 Å². The van der Waals surface area contributed by atoms with Crippen molar-refractivity contribution >= 4 is 20.2 Å². The van der Waals surface area contributed by atoms with Gasteiger partial charge in [0.2, 0.25) is 0 Å². The third kappa shape index (κ3) is 2.94. The van der Waals surface area contributed by atoms with Crippen LogP contribution in [-0.2, 0) is 14.7 Å². The van der Waals surface area contributed by atoms with Gasteiger partial charge in [0.1, 0.15) is 0 Å². The van der Waals surface area contributed by atoms with Crippen LogP contribution in [0.2, 0.25) is 0 Å². The fraction of sp³-hybridized carbons (Fsp3) is 0.438. The molecule has 134 valence electrons. The molecule has 1 aliphatic rings. The molecule has 0 N–H and O–H groups in total. The Labute approximate surface area is 146 Å². The first kappa shape index (κ1) is 19.2. The third-order valence-electron chi connectivity index (χ3n) is 3.36. The van der Waals surface area contributed by atoms with Gasteiger partial charge in [-0.25, -0.2) is 0 Å². The molecule has 3 rings (SSSR count). The molecular weight excluding hydrogens is 439 g/mol. The predicted molar refractivity (Wildman–Crippen MR) is 92.0 cm³/mol. The number of halogens is 5. The number of imidazole rings is 1. The van der Waals surface area contributed by atoms with Crippen molar-refractivity contribution < 1.29 is 20.6 Å². The number of rotatable bonds is 3. The fourth-order valence-corrected chi connectivity index (χ4v) is 7.57. The first-order chi connectivity index (χ1) is 11.2. The SMILES string of the molecule is CC.CC1(C)OI(C(F)(F)C(F)(F)n2ccnc2)c2ccccc21. The van der Waals surface area contributed by atoms with E-state index in [4.69, 9.17) is 3.07 Å². The predicted octanol–water partition coefficient (Wildman–Crippen LogP) is 5.61. The van der Waals surface area contributed by atoms with E-state index in [9.17, 15) is 17.6 Å². The third-order valence-corrected chi connectivity index (χ3v) is 8.78. The van der Waals surface area contributed by atoms with Crippen molar-refractivity contribution in [2.24, 2.45) is 0 Å². The number of aromatic nitrogens is 2. The molecule has 3 nitrogen and oxygen atoms in total. The molecule has 8 heteroatoms. The van der Waals surface area contributed by atoms with E-state index in [1.54, 1.807) is 32.0 Å². The van der Waals surface area contributed by atoms with Gasteiger partial charge in [-0.15, -0.1) is 0 Å². The number of nitrogens with zero attached hydrogens (tertiary/aromatic N) is 2. The molecule has 0 saturated carbocycles. The molecule has 0 unspecified atom stereocenters. The van der Waals surface area contributed by atoms with Crippen molar-refractivity contribution in [2.45, 2.75) is 43.3 Å². The molecule has 24 heavy (non-hydrogen) atoms. The number of hydrogen-bond donors (Lipinski definition) is 0. The monoisotopic (exact) mass is 458 g/mol. The molecule has 0 saturated heterocycles. The van der Waals surface area contributed by atoms with Crippen LogP contribution in [0.25, 0.3) is 0 Å². The molecule has 1 aliphatic heterocycles. The molecule has 0 radical (unpaired) electrons. The van der Waals surface area contributed by atoms with Gasteiger partial charge >= 0.3 is 132 Å². The van der Waals surface area contributed by atoms with Crippen LogP contribution in [0.5, 0.6) is 0 Å². The zero-order valence-electron chi connectivity index (χ0n) is 13.7. The van der Waals surface area contributed by atoms with Crippen molar-refractivity contribution in [2.75, 3.05) is 0 Å². The average molecular weight is 458 g/mol. The first-order valence-electron chi connectivity index (χ1n) is 7.41. The standard InChI is InChI=1S/C14H13F4IN2O.C2H6/c1-12(2)10-5-3-4-6-11(10)19(22-12)13(15,16)14(17,18)21-8-7-20-9-21;1-2/h3-9H,1-2H3;1-2H3. The topological polar surface area (TPSA) is 27.1 Å². The summed E-state index contributed by atoms with van der Waals surface area (Å²) in [6.45, 7) is 7.24. The molecule has 0 spiro atoms. The molecule has 0 atom stereocenters. The summed E-state index contributed by atoms with van der Waals surface area (Å²) in [6, 6.07) is 1.99. The van der Waals surface area contributed by atoms with Gasteiger partial charge < -0.3 is 0 Å². The summed E-state index contributed by atoms with van der Waals surface area (Å²) < 4.78 is 59.4. The van der Waals surface area contributed by atoms with Crippen LogP contribution in [0, 0.1) is 3.57 Å². The fourth-order valence-electron chi connectivity index (χ4n) is 2.23. The van der Waals surface area contributed by atoms with Crippen LogP contribution in [0.4, 0.5) is 17.6 Å². The Hall–Kier alpha value is -1.16. The van der Waals surface area contributed by atoms with Crippen LogP contribution >= 0.6 is 20.2 Å². The summed E-state index contributed by atoms with van der Waals surface area (Å²) in [5.74, 6) is 0. The minimum absolute atomic E-state index is 0.141. The van der Waals surface area contributed by atoms with E-state index < -0.39 is 35.8 Å². The Morgan fingerprint density at radius 3 is 2.33 bits per heavy atom. The number of fused-ring (bicyclic) bond motifs is 1. The van der Waals surface area contributed by atoms with Crippen LogP contribution in [0.1, 0.15) is 33.3 Å². The van der Waals surface area contributed by atoms with Crippen molar-refractivity contribution in [3.05, 3.63) is 52.1 Å². The van der Waals surface area contributed by atoms with Gasteiger partial charge in [-0.3, -0.25) is 0 Å². The Morgan fingerprint density at radius 1 is 1.12 bits per heavy atom. The van der Waals surface area contributed by atoms with Gasteiger partial charge in [0.05, 0.1) is 0 Å². The first-order valence-corrected chi connectivity index (χ1v) is 10.4. The van der Waals surface area contributed by atoms with Gasteiger partial charge in [0.25, 0.3) is 0 Å². The van der Waals surface area contributed by atoms with Gasteiger partial charge in [0.15, 0.2) is 0 Å². The van der Waals surface area contributed by atoms with Crippen molar-refractivity contribution in [3.63, 3.8) is 0 Å². The summed E-state index contributed by atoms with van der Waals surface area (Å²) in [4.78, 5) is 3.43. The summed E-state index contributed by atoms with van der Waals surface area (Å²) in [5.41, 5.74) is -0.433. The number of benzene rings is 1. The Kier molecular flexibility index (Phi) is 5.29.